The Balaban J connectivity index is 2.49. The molecule has 0 unspecified atom stereocenters. The van der Waals surface area contributed by atoms with Gasteiger partial charge in [0.15, 0.2) is 0 Å². The molecule has 1 rings (SSSR count). The second-order valence-corrected chi connectivity index (χ2v) is 5.38. The second-order valence-electron chi connectivity index (χ2n) is 5.38. The minimum atomic E-state index is -0.121. The molecule has 3 N–H and O–H groups in total. The van der Waals surface area contributed by atoms with E-state index in [2.05, 4.69) is 5.32 Å². The summed E-state index contributed by atoms with van der Waals surface area (Å²) in [6.07, 6.45) is 1.01. The lowest BCUT2D eigenvalue weighted by Gasteiger charge is -2.21. The summed E-state index contributed by atoms with van der Waals surface area (Å²) in [6.45, 7) is 6.32. The number of nitrogens with two attached hydrogens (primary N) is 1. The van der Waals surface area contributed by atoms with E-state index in [1.54, 1.807) is 4.90 Å². The van der Waals surface area contributed by atoms with Crippen molar-refractivity contribution in [1.29, 1.82) is 0 Å². The molecule has 0 radical (unpaired) electrons. The second kappa shape index (κ2) is 8.29. The van der Waals surface area contributed by atoms with Crippen LogP contribution in [0.3, 0.4) is 0 Å². The third-order valence-corrected chi connectivity index (χ3v) is 3.10. The maximum absolute atomic E-state index is 12.2. The van der Waals surface area contributed by atoms with Crippen molar-refractivity contribution in [3.63, 3.8) is 0 Å². The molecule has 116 valence electrons. The van der Waals surface area contributed by atoms with Crippen LogP contribution < -0.4 is 11.1 Å². The van der Waals surface area contributed by atoms with E-state index in [0.717, 1.165) is 5.56 Å². The average molecular weight is 291 g/mol. The molecule has 0 atom stereocenters. The number of nitrogens with one attached hydrogen (secondary N) is 1. The van der Waals surface area contributed by atoms with Crippen LogP contribution in [0.4, 0.5) is 5.69 Å². The van der Waals surface area contributed by atoms with Crippen molar-refractivity contribution in [3.05, 3.63) is 29.8 Å². The predicted molar refractivity (Wildman–Crippen MR) is 84.7 cm³/mol. The molecule has 0 heterocycles. The highest BCUT2D eigenvalue weighted by Crippen LogP contribution is 2.09. The summed E-state index contributed by atoms with van der Waals surface area (Å²) in [5.74, 6) is -0.136. The van der Waals surface area contributed by atoms with E-state index in [0.29, 0.717) is 25.1 Å². The summed E-state index contributed by atoms with van der Waals surface area (Å²) in [5.41, 5.74) is 7.45. The molecule has 0 fully saturated rings. The van der Waals surface area contributed by atoms with Crippen molar-refractivity contribution in [3.8, 4) is 0 Å². The van der Waals surface area contributed by atoms with Gasteiger partial charge in [-0.2, -0.15) is 0 Å². The predicted octanol–water partition coefficient (Wildman–Crippen LogP) is 1.57. The Bertz CT molecular complexity index is 486. The normalized spacial score (nSPS) is 10.5. The zero-order valence-electron chi connectivity index (χ0n) is 13.1. The van der Waals surface area contributed by atoms with Crippen molar-refractivity contribution in [2.45, 2.75) is 39.7 Å². The average Bonchev–Trinajstić information content (AvgIpc) is 2.41. The summed E-state index contributed by atoms with van der Waals surface area (Å²) in [5, 5.41) is 2.79. The topological polar surface area (TPSA) is 75.4 Å². The highest BCUT2D eigenvalue weighted by atomic mass is 16.2. The monoisotopic (exact) mass is 291 g/mol. The van der Waals surface area contributed by atoms with Gasteiger partial charge >= 0.3 is 0 Å². The lowest BCUT2D eigenvalue weighted by molar-refractivity contribution is -0.136. The Morgan fingerprint density at radius 3 is 2.62 bits per heavy atom. The highest BCUT2D eigenvalue weighted by Gasteiger charge is 2.15. The zero-order valence-corrected chi connectivity index (χ0v) is 13.1. The first-order chi connectivity index (χ1) is 9.92. The van der Waals surface area contributed by atoms with Gasteiger partial charge in [0.2, 0.25) is 11.8 Å². The summed E-state index contributed by atoms with van der Waals surface area (Å²) >= 11 is 0. The molecule has 5 nitrogen and oxygen atoms in total. The first-order valence-electron chi connectivity index (χ1n) is 7.34. The van der Waals surface area contributed by atoms with Crippen LogP contribution in [0.2, 0.25) is 0 Å². The van der Waals surface area contributed by atoms with E-state index in [4.69, 9.17) is 5.73 Å². The fourth-order valence-electron chi connectivity index (χ4n) is 2.08. The zero-order chi connectivity index (χ0) is 15.8. The summed E-state index contributed by atoms with van der Waals surface area (Å²) < 4.78 is 0. The number of aryl methyl sites for hydroxylation is 1. The third kappa shape index (κ3) is 6.29. The molecule has 5 heteroatoms. The van der Waals surface area contributed by atoms with Crippen LogP contribution in [0.15, 0.2) is 24.3 Å². The molecule has 0 saturated carbocycles. The molecule has 21 heavy (non-hydrogen) atoms. The minimum Gasteiger partial charge on any atom is -0.399 e. The smallest absolute Gasteiger partial charge is 0.239 e. The van der Waals surface area contributed by atoms with Crippen LogP contribution >= 0.6 is 0 Å². The van der Waals surface area contributed by atoms with Gasteiger partial charge in [0.05, 0.1) is 6.54 Å². The molecule has 0 aliphatic carbocycles. The number of nitrogen functional groups attached to an aromatic ring is 1. The number of likely N-dealkylation sites (N-methyl/N-ethyl adjacent to an activating group) is 1. The first-order valence-corrected chi connectivity index (χ1v) is 7.34. The Morgan fingerprint density at radius 1 is 1.33 bits per heavy atom. The van der Waals surface area contributed by atoms with E-state index in [9.17, 15) is 9.59 Å². The Hall–Kier alpha value is -2.04. The van der Waals surface area contributed by atoms with Gasteiger partial charge in [0.1, 0.15) is 0 Å². The van der Waals surface area contributed by atoms with Gasteiger partial charge in [0.25, 0.3) is 0 Å². The summed E-state index contributed by atoms with van der Waals surface area (Å²) in [6, 6.07) is 7.60. The maximum Gasteiger partial charge on any atom is 0.239 e. The molecule has 1 aromatic rings. The van der Waals surface area contributed by atoms with Gasteiger partial charge in [0, 0.05) is 24.7 Å². The lowest BCUT2D eigenvalue weighted by Crippen LogP contribution is -2.42. The molecule has 0 aliphatic rings. The Labute approximate surface area is 126 Å². The van der Waals surface area contributed by atoms with Crippen LogP contribution in [0.5, 0.6) is 0 Å². The van der Waals surface area contributed by atoms with Crippen molar-refractivity contribution >= 4 is 17.5 Å². The standard InChI is InChI=1S/C16H25N3O2/c1-4-19(11-15(20)18-12(2)3)16(21)9-8-13-6-5-7-14(17)10-13/h5-7,10,12H,4,8-9,11,17H2,1-3H3,(H,18,20). The van der Waals surface area contributed by atoms with Gasteiger partial charge in [-0.3, -0.25) is 9.59 Å². The van der Waals surface area contributed by atoms with Crippen LogP contribution in [0.1, 0.15) is 32.8 Å². The van der Waals surface area contributed by atoms with E-state index < -0.39 is 0 Å². The van der Waals surface area contributed by atoms with Crippen LogP contribution in [-0.4, -0.2) is 35.8 Å². The summed E-state index contributed by atoms with van der Waals surface area (Å²) in [4.78, 5) is 25.5. The van der Waals surface area contributed by atoms with Gasteiger partial charge < -0.3 is 16.0 Å². The number of hydrogen-bond donors (Lipinski definition) is 2. The van der Waals surface area contributed by atoms with Crippen LogP contribution in [0, 0.1) is 0 Å². The molecule has 1 aromatic carbocycles. The molecule has 2 amide bonds. The Morgan fingerprint density at radius 2 is 2.05 bits per heavy atom. The van der Waals surface area contributed by atoms with Gasteiger partial charge in [-0.05, 0) is 44.9 Å². The fourth-order valence-corrected chi connectivity index (χ4v) is 2.08. The largest absolute Gasteiger partial charge is 0.399 e. The number of hydrogen-bond acceptors (Lipinski definition) is 3. The SMILES string of the molecule is CCN(CC(=O)NC(C)C)C(=O)CCc1cccc(N)c1. The summed E-state index contributed by atoms with van der Waals surface area (Å²) in [7, 11) is 0. The van der Waals surface area contributed by atoms with Gasteiger partial charge in [-0.25, -0.2) is 0 Å². The molecular weight excluding hydrogens is 266 g/mol. The number of benzene rings is 1. The van der Waals surface area contributed by atoms with Crippen LogP contribution in [0.25, 0.3) is 0 Å². The lowest BCUT2D eigenvalue weighted by atomic mass is 10.1. The first kappa shape index (κ1) is 17.0. The van der Waals surface area contributed by atoms with E-state index >= 15 is 0 Å². The van der Waals surface area contributed by atoms with Crippen molar-refractivity contribution in [2.75, 3.05) is 18.8 Å². The van der Waals surface area contributed by atoms with E-state index in [1.165, 1.54) is 0 Å². The molecule has 0 aliphatic heterocycles. The number of carbonyl (C=O) groups excluding carboxylic acids is 2. The van der Waals surface area contributed by atoms with Crippen molar-refractivity contribution in [2.24, 2.45) is 0 Å². The van der Waals surface area contributed by atoms with Gasteiger partial charge in [-0.15, -0.1) is 0 Å². The number of anilines is 1. The van der Waals surface area contributed by atoms with Crippen LogP contribution in [-0.2, 0) is 16.0 Å². The maximum atomic E-state index is 12.2. The highest BCUT2D eigenvalue weighted by molar-refractivity contribution is 5.85. The third-order valence-electron chi connectivity index (χ3n) is 3.10. The molecule has 0 bridgehead atoms. The van der Waals surface area contributed by atoms with E-state index in [-0.39, 0.29) is 24.4 Å². The molecular formula is C16H25N3O2. The van der Waals surface area contributed by atoms with E-state index in [1.807, 2.05) is 45.0 Å². The minimum absolute atomic E-state index is 0.0150. The van der Waals surface area contributed by atoms with Crippen molar-refractivity contribution in [1.82, 2.24) is 10.2 Å². The van der Waals surface area contributed by atoms with Gasteiger partial charge in [-0.1, -0.05) is 12.1 Å². The number of amides is 2. The fraction of sp³-hybridized carbons (Fsp3) is 0.500. The quantitative estimate of drug-likeness (QED) is 0.749. The Kier molecular flexibility index (Phi) is 6.72. The number of rotatable bonds is 7. The molecule has 0 saturated heterocycles. The molecule has 0 aromatic heterocycles. The number of nitrogens with zero attached hydrogens (tertiary/aromatic N) is 1. The molecule has 0 spiro atoms. The number of carbonyl (C=O) groups is 2. The van der Waals surface area contributed by atoms with Crippen molar-refractivity contribution < 1.29 is 9.59 Å².